The lowest BCUT2D eigenvalue weighted by molar-refractivity contribution is 0.0503. The molecule has 6 heteroatoms. The second-order valence-electron chi connectivity index (χ2n) is 8.35. The van der Waals surface area contributed by atoms with Crippen LogP contribution in [0.2, 0.25) is 18.1 Å². The van der Waals surface area contributed by atoms with Crippen molar-refractivity contribution in [3.8, 4) is 11.5 Å². The molecule has 1 N–H and O–H groups in total. The lowest BCUT2D eigenvalue weighted by atomic mass is 10.0. The Morgan fingerprint density at radius 2 is 1.85 bits per heavy atom. The van der Waals surface area contributed by atoms with E-state index < -0.39 is 8.32 Å². The molecule has 0 saturated heterocycles. The van der Waals surface area contributed by atoms with Gasteiger partial charge in [0.1, 0.15) is 11.5 Å². The summed E-state index contributed by atoms with van der Waals surface area (Å²) < 4.78 is 16.7. The van der Waals surface area contributed by atoms with Gasteiger partial charge < -0.3 is 19.0 Å². The highest BCUT2D eigenvalue weighted by Gasteiger charge is 2.36. The van der Waals surface area contributed by atoms with E-state index in [2.05, 4.69) is 33.9 Å². The number of Topliss-reactive ketones (excluding diaryl/α,β-unsaturated/α-hetero) is 1. The number of rotatable bonds is 9. The van der Waals surface area contributed by atoms with Crippen LogP contribution in [-0.2, 0) is 15.6 Å². The molecular formula is C21H34O5Si. The Morgan fingerprint density at radius 1 is 1.22 bits per heavy atom. The summed E-state index contributed by atoms with van der Waals surface area (Å²) in [4.78, 5) is 11.7. The Kier molecular flexibility index (Phi) is 8.26. The van der Waals surface area contributed by atoms with E-state index in [-0.39, 0.29) is 23.4 Å². The van der Waals surface area contributed by atoms with Crippen molar-refractivity contribution in [2.75, 3.05) is 20.5 Å². The van der Waals surface area contributed by atoms with E-state index in [9.17, 15) is 9.90 Å². The number of carbonyl (C=O) groups excluding carboxylic acids is 1. The van der Waals surface area contributed by atoms with E-state index >= 15 is 0 Å². The van der Waals surface area contributed by atoms with Crippen LogP contribution in [-0.4, -0.2) is 39.7 Å². The number of hydrogen-bond acceptors (Lipinski definition) is 5. The summed E-state index contributed by atoms with van der Waals surface area (Å²) >= 11 is 0. The first kappa shape index (κ1) is 23.4. The smallest absolute Gasteiger partial charge is 0.192 e. The highest BCUT2D eigenvalue weighted by atomic mass is 28.4. The third-order valence-corrected chi connectivity index (χ3v) is 9.55. The normalized spacial score (nSPS) is 13.0. The highest BCUT2D eigenvalue weighted by Crippen LogP contribution is 2.37. The fourth-order valence-corrected chi connectivity index (χ4v) is 3.22. The van der Waals surface area contributed by atoms with Gasteiger partial charge in [0, 0.05) is 12.7 Å². The maximum Gasteiger partial charge on any atom is 0.192 e. The van der Waals surface area contributed by atoms with Crippen LogP contribution < -0.4 is 4.74 Å². The van der Waals surface area contributed by atoms with Gasteiger partial charge in [-0.15, -0.1) is 0 Å². The first-order valence-corrected chi connectivity index (χ1v) is 12.1. The minimum absolute atomic E-state index is 0.0366. The molecule has 0 fully saturated rings. The van der Waals surface area contributed by atoms with E-state index in [4.69, 9.17) is 13.9 Å². The van der Waals surface area contributed by atoms with Crippen LogP contribution in [0.15, 0.2) is 23.8 Å². The predicted octanol–water partition coefficient (Wildman–Crippen LogP) is 5.09. The van der Waals surface area contributed by atoms with Gasteiger partial charge in [0.05, 0.1) is 12.2 Å². The number of ketones is 1. The minimum Gasteiger partial charge on any atom is -0.507 e. The topological polar surface area (TPSA) is 65.0 Å². The first-order chi connectivity index (χ1) is 12.4. The van der Waals surface area contributed by atoms with Crippen LogP contribution in [0.5, 0.6) is 11.5 Å². The fourth-order valence-electron chi connectivity index (χ4n) is 2.20. The van der Waals surface area contributed by atoms with Crippen molar-refractivity contribution >= 4 is 14.1 Å². The van der Waals surface area contributed by atoms with Crippen molar-refractivity contribution in [2.45, 2.75) is 59.2 Å². The molecule has 1 aromatic rings. The van der Waals surface area contributed by atoms with Crippen molar-refractivity contribution in [3.63, 3.8) is 0 Å². The number of phenols is 1. The zero-order valence-corrected chi connectivity index (χ0v) is 18.9. The lowest BCUT2D eigenvalue weighted by Crippen LogP contribution is -2.41. The predicted molar refractivity (Wildman–Crippen MR) is 111 cm³/mol. The zero-order chi connectivity index (χ0) is 20.8. The molecule has 1 aromatic carbocycles. The molecule has 0 aromatic heterocycles. The van der Waals surface area contributed by atoms with Gasteiger partial charge in [-0.3, -0.25) is 4.79 Å². The number of phenolic OH excluding ortho intramolecular Hbond substituents is 1. The number of ether oxygens (including phenoxy) is 2. The monoisotopic (exact) mass is 394 g/mol. The van der Waals surface area contributed by atoms with E-state index in [1.807, 2.05) is 13.0 Å². The number of allylic oxidation sites excluding steroid dienone is 1. The molecule has 0 aliphatic rings. The lowest BCUT2D eigenvalue weighted by Gasteiger charge is -2.36. The van der Waals surface area contributed by atoms with Crippen LogP contribution in [0.25, 0.3) is 0 Å². The molecule has 5 nitrogen and oxygen atoms in total. The van der Waals surface area contributed by atoms with Crippen molar-refractivity contribution in [1.29, 1.82) is 0 Å². The standard InChI is InChI=1S/C21H34O5Si/c1-15(13-26-27(7,8)21(3,4)5)9-10-18-19(25-14-24-6)12-11-17(16(2)22)20(18)23/h9,11-12,23H,10,13-14H2,1-8H3/b15-9+. The summed E-state index contributed by atoms with van der Waals surface area (Å²) in [5.74, 6) is 0.285. The molecule has 0 bridgehead atoms. The Hall–Kier alpha value is -1.63. The molecule has 27 heavy (non-hydrogen) atoms. The second kappa shape index (κ2) is 9.53. The second-order valence-corrected chi connectivity index (χ2v) is 13.2. The molecule has 0 heterocycles. The Bertz CT molecular complexity index is 687. The van der Waals surface area contributed by atoms with E-state index in [0.29, 0.717) is 29.9 Å². The molecule has 0 saturated carbocycles. The molecule has 0 radical (unpaired) electrons. The SMILES string of the molecule is COCOc1ccc(C(C)=O)c(O)c1C/C=C(\C)CO[Si](C)(C)C(C)(C)C. The van der Waals surface area contributed by atoms with Gasteiger partial charge >= 0.3 is 0 Å². The van der Waals surface area contributed by atoms with Crippen LogP contribution in [0.4, 0.5) is 0 Å². The van der Waals surface area contributed by atoms with Gasteiger partial charge in [-0.2, -0.15) is 0 Å². The molecule has 0 aliphatic carbocycles. The van der Waals surface area contributed by atoms with E-state index in [1.54, 1.807) is 12.1 Å². The summed E-state index contributed by atoms with van der Waals surface area (Å²) in [6, 6.07) is 3.27. The fraction of sp³-hybridized carbons (Fsp3) is 0.571. The summed E-state index contributed by atoms with van der Waals surface area (Å²) in [5.41, 5.74) is 1.94. The largest absolute Gasteiger partial charge is 0.507 e. The van der Waals surface area contributed by atoms with Crippen molar-refractivity contribution < 1.29 is 23.8 Å². The van der Waals surface area contributed by atoms with Crippen molar-refractivity contribution in [2.24, 2.45) is 0 Å². The average molecular weight is 395 g/mol. The number of aromatic hydroxyl groups is 1. The Balaban J connectivity index is 3.00. The summed E-state index contributed by atoms with van der Waals surface area (Å²) in [7, 11) is -0.282. The van der Waals surface area contributed by atoms with Crippen LogP contribution in [0, 0.1) is 0 Å². The summed E-state index contributed by atoms with van der Waals surface area (Å²) in [5, 5.41) is 10.7. The van der Waals surface area contributed by atoms with Gasteiger partial charge in [-0.1, -0.05) is 32.4 Å². The third-order valence-electron chi connectivity index (χ3n) is 5.07. The number of benzene rings is 1. The Morgan fingerprint density at radius 3 is 2.37 bits per heavy atom. The number of carbonyl (C=O) groups is 1. The molecule has 1 rings (SSSR count). The molecule has 0 atom stereocenters. The maximum atomic E-state index is 11.7. The minimum atomic E-state index is -1.82. The van der Waals surface area contributed by atoms with Crippen LogP contribution in [0.3, 0.4) is 0 Å². The molecule has 0 unspecified atom stereocenters. The highest BCUT2D eigenvalue weighted by molar-refractivity contribution is 6.74. The summed E-state index contributed by atoms with van der Waals surface area (Å²) in [6.07, 6.45) is 2.45. The summed E-state index contributed by atoms with van der Waals surface area (Å²) in [6.45, 7) is 15.1. The molecule has 0 aliphatic heterocycles. The van der Waals surface area contributed by atoms with Gasteiger partial charge in [0.15, 0.2) is 20.9 Å². The molecule has 0 amide bonds. The number of methoxy groups -OCH3 is 1. The van der Waals surface area contributed by atoms with E-state index in [1.165, 1.54) is 14.0 Å². The number of hydrogen-bond donors (Lipinski definition) is 1. The third kappa shape index (κ3) is 6.48. The van der Waals surface area contributed by atoms with Gasteiger partial charge in [-0.25, -0.2) is 0 Å². The molecular weight excluding hydrogens is 360 g/mol. The van der Waals surface area contributed by atoms with Gasteiger partial charge in [0.25, 0.3) is 0 Å². The van der Waals surface area contributed by atoms with Gasteiger partial charge in [0.2, 0.25) is 0 Å². The molecule has 0 spiro atoms. The van der Waals surface area contributed by atoms with Crippen LogP contribution >= 0.6 is 0 Å². The Labute approximate surface area is 164 Å². The van der Waals surface area contributed by atoms with Crippen LogP contribution in [0.1, 0.15) is 50.5 Å². The average Bonchev–Trinajstić information content (AvgIpc) is 2.55. The maximum absolute atomic E-state index is 11.7. The van der Waals surface area contributed by atoms with Crippen molar-refractivity contribution in [3.05, 3.63) is 34.9 Å². The molecule has 152 valence electrons. The van der Waals surface area contributed by atoms with Gasteiger partial charge in [-0.05, 0) is 50.5 Å². The zero-order valence-electron chi connectivity index (χ0n) is 17.9. The quantitative estimate of drug-likeness (QED) is 0.274. The first-order valence-electron chi connectivity index (χ1n) is 9.17. The van der Waals surface area contributed by atoms with Crippen molar-refractivity contribution in [1.82, 2.24) is 0 Å². The van der Waals surface area contributed by atoms with E-state index in [0.717, 1.165) is 5.57 Å².